The van der Waals surface area contributed by atoms with Gasteiger partial charge < -0.3 is 15.0 Å². The van der Waals surface area contributed by atoms with Crippen LogP contribution < -0.4 is 15.0 Å². The second kappa shape index (κ2) is 6.28. The number of hydrogen-bond donors (Lipinski definition) is 1. The second-order valence-electron chi connectivity index (χ2n) is 5.23. The Hall–Kier alpha value is -2.20. The Labute approximate surface area is 134 Å². The molecule has 114 valence electrons. The Kier molecular flexibility index (Phi) is 4.20. The summed E-state index contributed by atoms with van der Waals surface area (Å²) in [5, 5.41) is 3.73. The molecular formula is C17H17ClN2O2. The van der Waals surface area contributed by atoms with Gasteiger partial charge in [-0.15, -0.1) is 0 Å². The number of nitrogens with one attached hydrogen (secondary N) is 1. The summed E-state index contributed by atoms with van der Waals surface area (Å²) in [5.74, 6) is 0.849. The number of rotatable bonds is 4. The van der Waals surface area contributed by atoms with Crippen molar-refractivity contribution in [2.24, 2.45) is 0 Å². The molecule has 0 bridgehead atoms. The maximum Gasteiger partial charge on any atom is 0.246 e. The summed E-state index contributed by atoms with van der Waals surface area (Å²) in [5.41, 5.74) is 2.87. The van der Waals surface area contributed by atoms with Crippen LogP contribution in [0, 0.1) is 6.92 Å². The third-order valence-electron chi connectivity index (χ3n) is 3.55. The number of carbonyl (C=O) groups is 1. The molecule has 0 aromatic heterocycles. The number of halogens is 1. The maximum absolute atomic E-state index is 12.1. The largest absolute Gasteiger partial charge is 0.492 e. The number of aryl methyl sites for hydroxylation is 1. The minimum absolute atomic E-state index is 0.0302. The topological polar surface area (TPSA) is 41.6 Å². The highest BCUT2D eigenvalue weighted by Crippen LogP contribution is 2.31. The Bertz CT molecular complexity index is 703. The van der Waals surface area contributed by atoms with Crippen molar-refractivity contribution in [2.45, 2.75) is 6.92 Å². The van der Waals surface area contributed by atoms with Crippen LogP contribution in [0.25, 0.3) is 0 Å². The van der Waals surface area contributed by atoms with Crippen LogP contribution in [0.3, 0.4) is 0 Å². The van der Waals surface area contributed by atoms with Gasteiger partial charge in [0.15, 0.2) is 0 Å². The first-order chi connectivity index (χ1) is 10.6. The maximum atomic E-state index is 12.1. The summed E-state index contributed by atoms with van der Waals surface area (Å²) in [6.07, 6.45) is 0. The third-order valence-corrected chi connectivity index (χ3v) is 3.79. The highest BCUT2D eigenvalue weighted by Gasteiger charge is 2.23. The molecule has 1 heterocycles. The molecule has 1 aliphatic heterocycles. The molecule has 0 fully saturated rings. The molecule has 0 spiro atoms. The first-order valence-corrected chi connectivity index (χ1v) is 7.54. The van der Waals surface area contributed by atoms with Crippen LogP contribution in [0.4, 0.5) is 11.4 Å². The Morgan fingerprint density at radius 1 is 1.27 bits per heavy atom. The highest BCUT2D eigenvalue weighted by molar-refractivity contribution is 6.31. The van der Waals surface area contributed by atoms with E-state index < -0.39 is 0 Å². The van der Waals surface area contributed by atoms with Crippen molar-refractivity contribution in [1.29, 1.82) is 0 Å². The predicted octanol–water partition coefficient (Wildman–Crippen LogP) is 3.49. The molecule has 1 aliphatic rings. The summed E-state index contributed by atoms with van der Waals surface area (Å²) in [6, 6.07) is 13.3. The number of ether oxygens (including phenoxy) is 1. The van der Waals surface area contributed by atoms with Crippen molar-refractivity contribution in [3.63, 3.8) is 0 Å². The molecule has 0 aliphatic carbocycles. The van der Waals surface area contributed by atoms with Gasteiger partial charge in [0.25, 0.3) is 0 Å². The van der Waals surface area contributed by atoms with E-state index in [-0.39, 0.29) is 12.5 Å². The monoisotopic (exact) mass is 316 g/mol. The van der Waals surface area contributed by atoms with Crippen LogP contribution in [-0.4, -0.2) is 25.6 Å². The van der Waals surface area contributed by atoms with E-state index in [0.29, 0.717) is 18.2 Å². The van der Waals surface area contributed by atoms with Crippen molar-refractivity contribution < 1.29 is 9.53 Å². The first-order valence-electron chi connectivity index (χ1n) is 7.17. The van der Waals surface area contributed by atoms with Crippen LogP contribution in [0.2, 0.25) is 5.02 Å². The smallest absolute Gasteiger partial charge is 0.246 e. The molecule has 5 heteroatoms. The summed E-state index contributed by atoms with van der Waals surface area (Å²) < 4.78 is 5.74. The minimum atomic E-state index is 0.0302. The molecule has 0 atom stereocenters. The Morgan fingerprint density at radius 2 is 2.14 bits per heavy atom. The Balaban J connectivity index is 1.68. The quantitative estimate of drug-likeness (QED) is 0.939. The van der Waals surface area contributed by atoms with Crippen LogP contribution in [-0.2, 0) is 4.79 Å². The zero-order valence-corrected chi connectivity index (χ0v) is 13.1. The molecule has 0 saturated carbocycles. The van der Waals surface area contributed by atoms with Crippen molar-refractivity contribution in [2.75, 3.05) is 29.9 Å². The fraction of sp³-hybridized carbons (Fsp3) is 0.235. The molecule has 2 aromatic carbocycles. The average Bonchev–Trinajstić information content (AvgIpc) is 2.49. The zero-order valence-electron chi connectivity index (χ0n) is 12.3. The summed E-state index contributed by atoms with van der Waals surface area (Å²) in [6.45, 7) is 3.24. The van der Waals surface area contributed by atoms with E-state index in [9.17, 15) is 4.79 Å². The third kappa shape index (κ3) is 3.17. The van der Waals surface area contributed by atoms with Crippen LogP contribution in [0.15, 0.2) is 42.5 Å². The van der Waals surface area contributed by atoms with E-state index in [1.54, 1.807) is 11.0 Å². The van der Waals surface area contributed by atoms with Gasteiger partial charge in [0.2, 0.25) is 5.91 Å². The lowest BCUT2D eigenvalue weighted by Gasteiger charge is -2.30. The summed E-state index contributed by atoms with van der Waals surface area (Å²) >= 11 is 5.99. The van der Waals surface area contributed by atoms with Crippen LogP contribution >= 0.6 is 11.6 Å². The fourth-order valence-electron chi connectivity index (χ4n) is 2.49. The lowest BCUT2D eigenvalue weighted by molar-refractivity contribution is -0.117. The van der Waals surface area contributed by atoms with Gasteiger partial charge in [0, 0.05) is 5.02 Å². The van der Waals surface area contributed by atoms with Gasteiger partial charge in [0.05, 0.1) is 24.5 Å². The Morgan fingerprint density at radius 3 is 2.95 bits per heavy atom. The lowest BCUT2D eigenvalue weighted by Crippen LogP contribution is -2.42. The molecular weight excluding hydrogens is 300 g/mol. The standard InChI is InChI=1S/C17H17ClN2O2/c1-12-3-2-4-14(9-12)22-8-7-20-16-6-5-13(18)10-15(16)19-11-17(20)21/h2-6,9-10,19H,7-8,11H2,1H3. The summed E-state index contributed by atoms with van der Waals surface area (Å²) in [4.78, 5) is 13.8. The number of hydrogen-bond acceptors (Lipinski definition) is 3. The lowest BCUT2D eigenvalue weighted by atomic mass is 10.2. The van der Waals surface area contributed by atoms with Crippen molar-refractivity contribution >= 4 is 28.9 Å². The number of nitrogens with zero attached hydrogens (tertiary/aromatic N) is 1. The van der Waals surface area contributed by atoms with Gasteiger partial charge >= 0.3 is 0 Å². The average molecular weight is 317 g/mol. The SMILES string of the molecule is Cc1cccc(OCCN2C(=O)CNc3cc(Cl)ccc32)c1. The number of carbonyl (C=O) groups excluding carboxylic acids is 1. The highest BCUT2D eigenvalue weighted by atomic mass is 35.5. The van der Waals surface area contributed by atoms with Crippen molar-refractivity contribution in [3.05, 3.63) is 53.1 Å². The number of fused-ring (bicyclic) bond motifs is 1. The van der Waals surface area contributed by atoms with Gasteiger partial charge in [-0.1, -0.05) is 23.7 Å². The van der Waals surface area contributed by atoms with Crippen LogP contribution in [0.5, 0.6) is 5.75 Å². The number of benzene rings is 2. The molecule has 22 heavy (non-hydrogen) atoms. The van der Waals surface area contributed by atoms with E-state index >= 15 is 0 Å². The minimum Gasteiger partial charge on any atom is -0.492 e. The molecule has 2 aromatic rings. The van der Waals surface area contributed by atoms with E-state index in [1.165, 1.54) is 0 Å². The molecule has 4 nitrogen and oxygen atoms in total. The van der Waals surface area contributed by atoms with Crippen molar-refractivity contribution in [1.82, 2.24) is 0 Å². The van der Waals surface area contributed by atoms with Gasteiger partial charge in [-0.3, -0.25) is 4.79 Å². The molecule has 0 saturated heterocycles. The van der Waals surface area contributed by atoms with E-state index in [4.69, 9.17) is 16.3 Å². The van der Waals surface area contributed by atoms with Crippen molar-refractivity contribution in [3.8, 4) is 5.75 Å². The van der Waals surface area contributed by atoms with Gasteiger partial charge in [-0.25, -0.2) is 0 Å². The van der Waals surface area contributed by atoms with Gasteiger partial charge in [-0.2, -0.15) is 0 Å². The first kappa shape index (κ1) is 14.7. The predicted molar refractivity (Wildman–Crippen MR) is 89.0 cm³/mol. The van der Waals surface area contributed by atoms with Crippen LogP contribution in [0.1, 0.15) is 5.56 Å². The molecule has 0 radical (unpaired) electrons. The molecule has 1 amide bonds. The van der Waals surface area contributed by atoms with Gasteiger partial charge in [-0.05, 0) is 42.8 Å². The summed E-state index contributed by atoms with van der Waals surface area (Å²) in [7, 11) is 0. The van der Waals surface area contributed by atoms with E-state index in [2.05, 4.69) is 5.32 Å². The molecule has 1 N–H and O–H groups in total. The molecule has 0 unspecified atom stereocenters. The van der Waals surface area contributed by atoms with Gasteiger partial charge in [0.1, 0.15) is 12.4 Å². The number of amides is 1. The van der Waals surface area contributed by atoms with E-state index in [1.807, 2.05) is 43.3 Å². The normalized spacial score (nSPS) is 13.5. The second-order valence-corrected chi connectivity index (χ2v) is 5.66. The number of anilines is 2. The zero-order chi connectivity index (χ0) is 15.5. The fourth-order valence-corrected chi connectivity index (χ4v) is 2.66. The van der Waals surface area contributed by atoms with E-state index in [0.717, 1.165) is 22.7 Å². The molecule has 3 rings (SSSR count).